The molecule has 1 heterocycles. The zero-order chi connectivity index (χ0) is 16.1. The molecule has 118 valence electrons. The fraction of sp³-hybridized carbons (Fsp3) is 0.353. The highest BCUT2D eigenvalue weighted by atomic mass is 16.5. The monoisotopic (exact) mass is 302 g/mol. The van der Waals surface area contributed by atoms with Gasteiger partial charge in [-0.25, -0.2) is 0 Å². The summed E-state index contributed by atoms with van der Waals surface area (Å²) in [6.45, 7) is 2.72. The summed E-state index contributed by atoms with van der Waals surface area (Å²) in [5.74, 6) is 1.37. The second kappa shape index (κ2) is 7.02. The van der Waals surface area contributed by atoms with Gasteiger partial charge < -0.3 is 19.8 Å². The van der Waals surface area contributed by atoms with E-state index >= 15 is 0 Å². The Morgan fingerprint density at radius 3 is 2.55 bits per heavy atom. The molecule has 5 nitrogen and oxygen atoms in total. The first kappa shape index (κ1) is 15.9. The number of nitrogens with zero attached hydrogens (tertiary/aromatic N) is 1. The molecule has 2 aromatic rings. The number of hydrogen-bond donors (Lipinski definition) is 1. The van der Waals surface area contributed by atoms with Crippen molar-refractivity contribution in [2.24, 2.45) is 0 Å². The average molecular weight is 302 g/mol. The lowest BCUT2D eigenvalue weighted by atomic mass is 10.1. The van der Waals surface area contributed by atoms with E-state index in [9.17, 15) is 4.79 Å². The Labute approximate surface area is 130 Å². The molecular formula is C17H22N2O3. The van der Waals surface area contributed by atoms with Crippen molar-refractivity contribution in [3.8, 4) is 22.8 Å². The van der Waals surface area contributed by atoms with Gasteiger partial charge in [0.1, 0.15) is 11.5 Å². The summed E-state index contributed by atoms with van der Waals surface area (Å²) in [4.78, 5) is 12.4. The Morgan fingerprint density at radius 2 is 1.91 bits per heavy atom. The molecule has 0 saturated carbocycles. The van der Waals surface area contributed by atoms with E-state index in [1.807, 2.05) is 18.2 Å². The largest absolute Gasteiger partial charge is 0.497 e. The van der Waals surface area contributed by atoms with Crippen LogP contribution in [0.1, 0.15) is 19.8 Å². The van der Waals surface area contributed by atoms with Gasteiger partial charge in [-0.15, -0.1) is 0 Å². The number of nitrogens with two attached hydrogens (primary N) is 1. The number of rotatable bonds is 6. The molecule has 1 aromatic carbocycles. The Morgan fingerprint density at radius 1 is 1.14 bits per heavy atom. The van der Waals surface area contributed by atoms with Crippen LogP contribution in [0.5, 0.6) is 11.5 Å². The maximum absolute atomic E-state index is 12.4. The molecule has 0 unspecified atom stereocenters. The molecular weight excluding hydrogens is 280 g/mol. The maximum atomic E-state index is 12.4. The van der Waals surface area contributed by atoms with E-state index in [0.717, 1.165) is 24.1 Å². The Kier molecular flexibility index (Phi) is 5.09. The Hall–Kier alpha value is -2.43. The Bertz CT molecular complexity index is 708. The normalized spacial score (nSPS) is 10.5. The SMILES string of the molecule is CCCCn1c(-c2ccc(OC)cc2OC)ccc(N)c1=O. The Balaban J connectivity index is 2.61. The van der Waals surface area contributed by atoms with Crippen LogP contribution in [0.2, 0.25) is 0 Å². The lowest BCUT2D eigenvalue weighted by Gasteiger charge is -2.16. The van der Waals surface area contributed by atoms with E-state index < -0.39 is 0 Å². The number of nitrogen functional groups attached to an aromatic ring is 1. The molecule has 0 radical (unpaired) electrons. The zero-order valence-corrected chi connectivity index (χ0v) is 13.3. The molecule has 0 amide bonds. The predicted octanol–water partition coefficient (Wildman–Crippen LogP) is 2.91. The third-order valence-electron chi connectivity index (χ3n) is 3.62. The van der Waals surface area contributed by atoms with Crippen LogP contribution in [0.25, 0.3) is 11.3 Å². The molecule has 0 saturated heterocycles. The van der Waals surface area contributed by atoms with Crippen molar-refractivity contribution < 1.29 is 9.47 Å². The van der Waals surface area contributed by atoms with Gasteiger partial charge in [0.25, 0.3) is 5.56 Å². The number of aromatic nitrogens is 1. The second-order valence-electron chi connectivity index (χ2n) is 5.05. The highest BCUT2D eigenvalue weighted by molar-refractivity contribution is 5.70. The minimum atomic E-state index is -0.163. The molecule has 0 atom stereocenters. The van der Waals surface area contributed by atoms with E-state index in [-0.39, 0.29) is 11.2 Å². The minimum Gasteiger partial charge on any atom is -0.497 e. The van der Waals surface area contributed by atoms with E-state index in [1.165, 1.54) is 0 Å². The van der Waals surface area contributed by atoms with Crippen molar-refractivity contribution >= 4 is 5.69 Å². The second-order valence-corrected chi connectivity index (χ2v) is 5.05. The summed E-state index contributed by atoms with van der Waals surface area (Å²) in [5, 5.41) is 0. The molecule has 0 bridgehead atoms. The standard InChI is InChI=1S/C17H22N2O3/c1-4-5-10-19-15(9-8-14(18)17(19)20)13-7-6-12(21-2)11-16(13)22-3/h6-9,11H,4-5,10,18H2,1-3H3. The molecule has 0 aliphatic rings. The number of hydrogen-bond acceptors (Lipinski definition) is 4. The fourth-order valence-corrected chi connectivity index (χ4v) is 2.38. The van der Waals surface area contributed by atoms with Crippen LogP contribution in [0.15, 0.2) is 35.1 Å². The van der Waals surface area contributed by atoms with Gasteiger partial charge in [-0.1, -0.05) is 13.3 Å². The molecule has 22 heavy (non-hydrogen) atoms. The van der Waals surface area contributed by atoms with Crippen LogP contribution in [0.4, 0.5) is 5.69 Å². The smallest absolute Gasteiger partial charge is 0.274 e. The van der Waals surface area contributed by atoms with E-state index in [2.05, 4.69) is 6.92 Å². The molecule has 2 N–H and O–H groups in total. The lowest BCUT2D eigenvalue weighted by molar-refractivity contribution is 0.395. The zero-order valence-electron chi connectivity index (χ0n) is 13.3. The van der Waals surface area contributed by atoms with Crippen molar-refractivity contribution in [1.82, 2.24) is 4.57 Å². The topological polar surface area (TPSA) is 66.5 Å². The van der Waals surface area contributed by atoms with Gasteiger partial charge in [0, 0.05) is 18.2 Å². The summed E-state index contributed by atoms with van der Waals surface area (Å²) in [6, 6.07) is 9.05. The van der Waals surface area contributed by atoms with Crippen LogP contribution in [-0.2, 0) is 6.54 Å². The predicted molar refractivity (Wildman–Crippen MR) is 88.6 cm³/mol. The van der Waals surface area contributed by atoms with Gasteiger partial charge in [0.05, 0.1) is 25.6 Å². The van der Waals surface area contributed by atoms with Gasteiger partial charge in [0.2, 0.25) is 0 Å². The molecule has 2 rings (SSSR count). The quantitative estimate of drug-likeness (QED) is 0.891. The summed E-state index contributed by atoms with van der Waals surface area (Å²) >= 11 is 0. The lowest BCUT2D eigenvalue weighted by Crippen LogP contribution is -2.24. The molecule has 5 heteroatoms. The van der Waals surface area contributed by atoms with Crippen LogP contribution >= 0.6 is 0 Å². The van der Waals surface area contributed by atoms with Gasteiger partial charge >= 0.3 is 0 Å². The first-order valence-corrected chi connectivity index (χ1v) is 7.34. The van der Waals surface area contributed by atoms with Crippen molar-refractivity contribution in [2.75, 3.05) is 20.0 Å². The summed E-state index contributed by atoms with van der Waals surface area (Å²) in [7, 11) is 3.21. The third kappa shape index (κ3) is 3.08. The third-order valence-corrected chi connectivity index (χ3v) is 3.62. The first-order chi connectivity index (χ1) is 10.6. The number of ether oxygens (including phenoxy) is 2. The summed E-state index contributed by atoms with van der Waals surface area (Å²) < 4.78 is 12.4. The van der Waals surface area contributed by atoms with E-state index in [4.69, 9.17) is 15.2 Å². The average Bonchev–Trinajstić information content (AvgIpc) is 2.55. The van der Waals surface area contributed by atoms with Crippen LogP contribution in [0, 0.1) is 0 Å². The highest BCUT2D eigenvalue weighted by Crippen LogP contribution is 2.33. The van der Waals surface area contributed by atoms with Gasteiger partial charge in [-0.3, -0.25) is 4.79 Å². The fourth-order valence-electron chi connectivity index (χ4n) is 2.38. The molecule has 1 aromatic heterocycles. The number of unbranched alkanes of at least 4 members (excludes halogenated alkanes) is 1. The first-order valence-electron chi connectivity index (χ1n) is 7.34. The molecule has 0 spiro atoms. The number of methoxy groups -OCH3 is 2. The number of pyridine rings is 1. The highest BCUT2D eigenvalue weighted by Gasteiger charge is 2.13. The van der Waals surface area contributed by atoms with Crippen molar-refractivity contribution in [3.05, 3.63) is 40.7 Å². The minimum absolute atomic E-state index is 0.163. The molecule has 0 aliphatic heterocycles. The number of anilines is 1. The molecule has 0 aliphatic carbocycles. The maximum Gasteiger partial charge on any atom is 0.274 e. The van der Waals surface area contributed by atoms with Crippen LogP contribution in [-0.4, -0.2) is 18.8 Å². The van der Waals surface area contributed by atoms with E-state index in [0.29, 0.717) is 18.0 Å². The van der Waals surface area contributed by atoms with Crippen LogP contribution < -0.4 is 20.8 Å². The van der Waals surface area contributed by atoms with E-state index in [1.54, 1.807) is 30.9 Å². The summed E-state index contributed by atoms with van der Waals surface area (Å²) in [5.41, 5.74) is 7.51. The van der Waals surface area contributed by atoms with Gasteiger partial charge in [-0.05, 0) is 30.7 Å². The van der Waals surface area contributed by atoms with Crippen LogP contribution in [0.3, 0.4) is 0 Å². The van der Waals surface area contributed by atoms with Gasteiger partial charge in [0.15, 0.2) is 0 Å². The van der Waals surface area contributed by atoms with Crippen molar-refractivity contribution in [2.45, 2.75) is 26.3 Å². The van der Waals surface area contributed by atoms with Crippen molar-refractivity contribution in [1.29, 1.82) is 0 Å². The molecule has 0 fully saturated rings. The van der Waals surface area contributed by atoms with Crippen molar-refractivity contribution in [3.63, 3.8) is 0 Å². The summed E-state index contributed by atoms with van der Waals surface area (Å²) in [6.07, 6.45) is 1.91. The van der Waals surface area contributed by atoms with Gasteiger partial charge in [-0.2, -0.15) is 0 Å². The number of benzene rings is 1.